The van der Waals surface area contributed by atoms with Crippen molar-refractivity contribution in [2.75, 3.05) is 5.32 Å². The van der Waals surface area contributed by atoms with Crippen LogP contribution < -0.4 is 10.9 Å². The molecule has 1 aliphatic heterocycles. The van der Waals surface area contributed by atoms with Crippen molar-refractivity contribution < 1.29 is 13.5 Å². The number of anilines is 1. The van der Waals surface area contributed by atoms with Crippen LogP contribution in [0.5, 0.6) is 5.75 Å². The van der Waals surface area contributed by atoms with E-state index in [9.17, 15) is 18.3 Å². The van der Waals surface area contributed by atoms with E-state index in [2.05, 4.69) is 14.8 Å². The monoisotopic (exact) mass is 452 g/mol. The smallest absolute Gasteiger partial charge is 0.286 e. The highest BCUT2D eigenvalue weighted by atomic mass is 32.2. The van der Waals surface area contributed by atoms with Crippen LogP contribution in [0.15, 0.2) is 67.7 Å². The van der Waals surface area contributed by atoms with Gasteiger partial charge in [-0.05, 0) is 36.6 Å². The van der Waals surface area contributed by atoms with Gasteiger partial charge in [0.2, 0.25) is 0 Å². The van der Waals surface area contributed by atoms with Crippen LogP contribution >= 0.6 is 0 Å². The topological polar surface area (TPSA) is 113 Å². The lowest BCUT2D eigenvalue weighted by Gasteiger charge is -2.20. The van der Waals surface area contributed by atoms with Crippen molar-refractivity contribution >= 4 is 38.2 Å². The van der Waals surface area contributed by atoms with Crippen molar-refractivity contribution in [2.24, 2.45) is 15.4 Å². The molecule has 0 aliphatic carbocycles. The zero-order valence-corrected chi connectivity index (χ0v) is 18.8. The van der Waals surface area contributed by atoms with Gasteiger partial charge < -0.3 is 10.4 Å². The van der Waals surface area contributed by atoms with Crippen LogP contribution in [0.1, 0.15) is 39.2 Å². The summed E-state index contributed by atoms with van der Waals surface area (Å²) in [4.78, 5) is 13.6. The summed E-state index contributed by atoms with van der Waals surface area (Å²) < 4.78 is 30.5. The third kappa shape index (κ3) is 3.69. The summed E-state index contributed by atoms with van der Waals surface area (Å²) >= 11 is 0. The van der Waals surface area contributed by atoms with E-state index < -0.39 is 15.6 Å². The highest BCUT2D eigenvalue weighted by Gasteiger charge is 2.29. The van der Waals surface area contributed by atoms with Crippen LogP contribution in [0.4, 0.5) is 5.69 Å². The summed E-state index contributed by atoms with van der Waals surface area (Å²) in [6.07, 6.45) is 1.56. The molecular formula is C23H24N4O4S. The van der Waals surface area contributed by atoms with Gasteiger partial charge in [-0.15, -0.1) is 4.40 Å². The molecule has 0 radical (unpaired) electrons. The molecule has 0 atom stereocenters. The molecule has 0 bridgehead atoms. The summed E-state index contributed by atoms with van der Waals surface area (Å²) in [5.41, 5.74) is 0.635. The number of rotatable bonds is 5. The van der Waals surface area contributed by atoms with Gasteiger partial charge in [-0.25, -0.2) is 0 Å². The number of nitrogens with one attached hydrogen (secondary N) is 1. The Kier molecular flexibility index (Phi) is 5.60. The quantitative estimate of drug-likeness (QED) is 0.570. The van der Waals surface area contributed by atoms with Gasteiger partial charge in [0, 0.05) is 11.1 Å². The molecule has 0 spiro atoms. The number of sulfonamides is 1. The average Bonchev–Trinajstić information content (AvgIpc) is 2.75. The number of amidine groups is 1. The molecule has 2 aromatic carbocycles. The van der Waals surface area contributed by atoms with Gasteiger partial charge in [-0.3, -0.25) is 4.79 Å². The van der Waals surface area contributed by atoms with Crippen LogP contribution in [0.3, 0.4) is 0 Å². The molecular weight excluding hydrogens is 428 g/mol. The SMILES string of the molecule is CCCC(=Nn1c(=O)c(C2=NS(=O)(=O)c3ccccc3N2)c(O)c2ccccc21)C(C)C. The zero-order chi connectivity index (χ0) is 23.0. The number of hydrogen-bond acceptors (Lipinski definition) is 6. The molecule has 2 N–H and O–H groups in total. The number of aromatic nitrogens is 1. The van der Waals surface area contributed by atoms with Gasteiger partial charge in [0.05, 0.1) is 11.2 Å². The predicted octanol–water partition coefficient (Wildman–Crippen LogP) is 3.93. The first-order chi connectivity index (χ1) is 15.2. The number of fused-ring (bicyclic) bond motifs is 2. The minimum Gasteiger partial charge on any atom is -0.506 e. The van der Waals surface area contributed by atoms with Gasteiger partial charge in [0.1, 0.15) is 16.2 Å². The van der Waals surface area contributed by atoms with Gasteiger partial charge in [-0.1, -0.05) is 51.5 Å². The Morgan fingerprint density at radius 2 is 1.84 bits per heavy atom. The molecule has 1 aromatic heterocycles. The molecule has 1 aliphatic rings. The molecule has 0 saturated carbocycles. The number of nitrogens with zero attached hydrogens (tertiary/aromatic N) is 3. The molecule has 8 nitrogen and oxygen atoms in total. The van der Waals surface area contributed by atoms with Gasteiger partial charge in [0.15, 0.2) is 5.84 Å². The Balaban J connectivity index is 2.04. The Labute approximate surface area is 186 Å². The van der Waals surface area contributed by atoms with Crippen LogP contribution in [0.2, 0.25) is 0 Å². The number of aromatic hydroxyl groups is 1. The fraction of sp³-hybridized carbons (Fsp3) is 0.261. The highest BCUT2D eigenvalue weighted by molar-refractivity contribution is 7.90. The Morgan fingerprint density at radius 3 is 2.56 bits per heavy atom. The van der Waals surface area contributed by atoms with Crippen LogP contribution in [-0.2, 0) is 10.0 Å². The molecule has 4 rings (SSSR count). The summed E-state index contributed by atoms with van der Waals surface area (Å²) in [5.74, 6) is -0.475. The summed E-state index contributed by atoms with van der Waals surface area (Å²) in [5, 5.41) is 18.9. The van der Waals surface area contributed by atoms with E-state index in [-0.39, 0.29) is 33.6 Å². The van der Waals surface area contributed by atoms with Crippen LogP contribution in [0, 0.1) is 5.92 Å². The maximum absolute atomic E-state index is 13.6. The second kappa shape index (κ2) is 8.23. The second-order valence-corrected chi connectivity index (χ2v) is 9.46. The molecule has 3 aromatic rings. The normalized spacial score (nSPS) is 15.4. The Hall–Kier alpha value is -3.46. The third-order valence-electron chi connectivity index (χ3n) is 5.30. The Morgan fingerprint density at radius 1 is 1.16 bits per heavy atom. The first kappa shape index (κ1) is 21.8. The van der Waals surface area contributed by atoms with Gasteiger partial charge in [0.25, 0.3) is 15.6 Å². The summed E-state index contributed by atoms with van der Waals surface area (Å²) in [6.45, 7) is 6.03. The van der Waals surface area contributed by atoms with E-state index in [4.69, 9.17) is 0 Å². The van der Waals surface area contributed by atoms with Crippen LogP contribution in [0.25, 0.3) is 10.9 Å². The fourth-order valence-electron chi connectivity index (χ4n) is 3.68. The third-order valence-corrected chi connectivity index (χ3v) is 6.63. The first-order valence-electron chi connectivity index (χ1n) is 10.4. The van der Waals surface area contributed by atoms with E-state index in [1.54, 1.807) is 42.5 Å². The first-order valence-corrected chi connectivity index (χ1v) is 11.8. The molecule has 32 heavy (non-hydrogen) atoms. The maximum Gasteiger partial charge on any atom is 0.286 e. The van der Waals surface area contributed by atoms with E-state index in [1.807, 2.05) is 20.8 Å². The summed E-state index contributed by atoms with van der Waals surface area (Å²) in [6, 6.07) is 13.1. The number of para-hydroxylation sites is 2. The minimum atomic E-state index is -4.05. The minimum absolute atomic E-state index is 0.00687. The fourth-order valence-corrected chi connectivity index (χ4v) is 4.81. The average molecular weight is 453 g/mol. The molecule has 0 unspecified atom stereocenters. The largest absolute Gasteiger partial charge is 0.506 e. The molecule has 9 heteroatoms. The molecule has 166 valence electrons. The van der Waals surface area contributed by atoms with E-state index in [0.717, 1.165) is 12.1 Å². The maximum atomic E-state index is 13.6. The van der Waals surface area contributed by atoms with Crippen molar-refractivity contribution in [1.82, 2.24) is 4.68 Å². The van der Waals surface area contributed by atoms with Crippen molar-refractivity contribution in [1.29, 1.82) is 0 Å². The van der Waals surface area contributed by atoms with Crippen molar-refractivity contribution in [3.05, 3.63) is 64.4 Å². The van der Waals surface area contributed by atoms with E-state index in [0.29, 0.717) is 17.3 Å². The molecule has 0 amide bonds. The molecule has 0 saturated heterocycles. The lowest BCUT2D eigenvalue weighted by molar-refractivity contribution is 0.478. The number of pyridine rings is 1. The molecule has 2 heterocycles. The summed E-state index contributed by atoms with van der Waals surface area (Å²) in [7, 11) is -4.05. The zero-order valence-electron chi connectivity index (χ0n) is 18.0. The van der Waals surface area contributed by atoms with Gasteiger partial charge in [-0.2, -0.15) is 18.2 Å². The van der Waals surface area contributed by atoms with E-state index >= 15 is 0 Å². The Bertz CT molecular complexity index is 1440. The lowest BCUT2D eigenvalue weighted by Crippen LogP contribution is -2.32. The van der Waals surface area contributed by atoms with Crippen molar-refractivity contribution in [2.45, 2.75) is 38.5 Å². The number of benzene rings is 2. The standard InChI is InChI=1S/C23H24N4O4S/c1-4-9-16(14(2)3)25-27-18-12-7-5-10-15(18)21(28)20(23(27)29)22-24-17-11-6-8-13-19(17)32(30,31)26-22/h5-8,10-14,28H,4,9H2,1-3H3,(H,24,26). The molecule has 0 fully saturated rings. The lowest BCUT2D eigenvalue weighted by atomic mass is 10.0. The number of hydrogen-bond donors (Lipinski definition) is 2. The van der Waals surface area contributed by atoms with Gasteiger partial charge >= 0.3 is 0 Å². The van der Waals surface area contributed by atoms with Crippen molar-refractivity contribution in [3.8, 4) is 5.75 Å². The second-order valence-electron chi connectivity index (χ2n) is 7.89. The van der Waals surface area contributed by atoms with Crippen LogP contribution in [-0.4, -0.2) is 29.7 Å². The highest BCUT2D eigenvalue weighted by Crippen LogP contribution is 2.32. The van der Waals surface area contributed by atoms with E-state index in [1.165, 1.54) is 10.7 Å². The predicted molar refractivity (Wildman–Crippen MR) is 126 cm³/mol. The van der Waals surface area contributed by atoms with Crippen molar-refractivity contribution in [3.63, 3.8) is 0 Å².